The predicted octanol–water partition coefficient (Wildman–Crippen LogP) is 2.03. The normalized spacial score (nSPS) is 17.6. The third-order valence-corrected chi connectivity index (χ3v) is 4.15. The zero-order valence-corrected chi connectivity index (χ0v) is 13.5. The molecule has 1 aliphatic heterocycles. The fourth-order valence-electron chi connectivity index (χ4n) is 2.66. The first-order chi connectivity index (χ1) is 11.2. The van der Waals surface area contributed by atoms with Crippen LogP contribution in [0.1, 0.15) is 12.0 Å². The second-order valence-electron chi connectivity index (χ2n) is 5.22. The lowest BCUT2D eigenvalue weighted by atomic mass is 10.2. The van der Waals surface area contributed by atoms with Crippen molar-refractivity contribution in [3.8, 4) is 5.88 Å². The van der Waals surface area contributed by atoms with Crippen LogP contribution >= 0.6 is 11.6 Å². The van der Waals surface area contributed by atoms with Crippen LogP contribution in [-0.2, 0) is 11.3 Å². The highest BCUT2D eigenvalue weighted by Crippen LogP contribution is 2.29. The lowest BCUT2D eigenvalue weighted by molar-refractivity contribution is -0.118. The molecular weight excluding hydrogens is 316 g/mol. The van der Waals surface area contributed by atoms with Gasteiger partial charge in [-0.1, -0.05) is 23.7 Å². The van der Waals surface area contributed by atoms with Crippen molar-refractivity contribution in [2.45, 2.75) is 19.0 Å². The van der Waals surface area contributed by atoms with Crippen molar-refractivity contribution >= 4 is 23.2 Å². The van der Waals surface area contributed by atoms with Gasteiger partial charge in [0.1, 0.15) is 6.33 Å². The van der Waals surface area contributed by atoms with Crippen molar-refractivity contribution in [1.82, 2.24) is 15.3 Å². The third-order valence-electron chi connectivity index (χ3n) is 3.83. The van der Waals surface area contributed by atoms with Gasteiger partial charge in [0, 0.05) is 24.8 Å². The second-order valence-corrected chi connectivity index (χ2v) is 5.63. The maximum Gasteiger partial charge on any atom is 0.244 e. The predicted molar refractivity (Wildman–Crippen MR) is 87.6 cm³/mol. The Hall–Kier alpha value is -2.18. The molecule has 1 aromatic carbocycles. The maximum absolute atomic E-state index is 12.6. The molecule has 7 heteroatoms. The summed E-state index contributed by atoms with van der Waals surface area (Å²) in [5, 5.41) is 3.83. The molecule has 1 aromatic heterocycles. The number of methoxy groups -OCH3 is 1. The van der Waals surface area contributed by atoms with Crippen molar-refractivity contribution in [2.75, 3.05) is 18.6 Å². The van der Waals surface area contributed by atoms with Gasteiger partial charge in [0.2, 0.25) is 11.8 Å². The molecule has 2 aromatic rings. The zero-order chi connectivity index (χ0) is 16.2. The van der Waals surface area contributed by atoms with E-state index in [1.165, 1.54) is 6.33 Å². The van der Waals surface area contributed by atoms with E-state index in [0.29, 0.717) is 24.0 Å². The Morgan fingerprint density at radius 2 is 2.26 bits per heavy atom. The van der Waals surface area contributed by atoms with E-state index in [1.807, 2.05) is 18.2 Å². The Kier molecular flexibility index (Phi) is 4.73. The van der Waals surface area contributed by atoms with Gasteiger partial charge in [-0.15, -0.1) is 0 Å². The molecule has 23 heavy (non-hydrogen) atoms. The van der Waals surface area contributed by atoms with Crippen molar-refractivity contribution < 1.29 is 9.53 Å². The number of halogens is 1. The topological polar surface area (TPSA) is 67.4 Å². The zero-order valence-electron chi connectivity index (χ0n) is 12.7. The first-order valence-corrected chi connectivity index (χ1v) is 7.70. The number of benzene rings is 1. The van der Waals surface area contributed by atoms with E-state index in [2.05, 4.69) is 15.3 Å². The number of amides is 1. The maximum atomic E-state index is 12.6. The van der Waals surface area contributed by atoms with Crippen LogP contribution in [-0.4, -0.2) is 35.6 Å². The van der Waals surface area contributed by atoms with Crippen LogP contribution in [0, 0.1) is 0 Å². The molecule has 0 radical (unpaired) electrons. The van der Waals surface area contributed by atoms with E-state index < -0.39 is 0 Å². The summed E-state index contributed by atoms with van der Waals surface area (Å²) in [6.45, 7) is 1.11. The van der Waals surface area contributed by atoms with E-state index in [4.69, 9.17) is 16.3 Å². The SMILES string of the molecule is COc1ncncc1CNC1CCN(c2ccccc2Cl)C1=O. The summed E-state index contributed by atoms with van der Waals surface area (Å²) >= 11 is 6.18. The fraction of sp³-hybridized carbons (Fsp3) is 0.312. The molecule has 1 atom stereocenters. The van der Waals surface area contributed by atoms with E-state index in [9.17, 15) is 4.79 Å². The summed E-state index contributed by atoms with van der Waals surface area (Å²) in [6.07, 6.45) is 3.84. The average molecular weight is 333 g/mol. The molecule has 0 spiro atoms. The summed E-state index contributed by atoms with van der Waals surface area (Å²) < 4.78 is 5.19. The van der Waals surface area contributed by atoms with E-state index >= 15 is 0 Å². The molecule has 1 aliphatic rings. The van der Waals surface area contributed by atoms with Crippen molar-refractivity contribution in [3.05, 3.63) is 47.4 Å². The number of nitrogens with zero attached hydrogens (tertiary/aromatic N) is 3. The number of carbonyl (C=O) groups is 1. The first-order valence-electron chi connectivity index (χ1n) is 7.33. The minimum atomic E-state index is -0.254. The van der Waals surface area contributed by atoms with Gasteiger partial charge in [-0.3, -0.25) is 4.79 Å². The van der Waals surface area contributed by atoms with Gasteiger partial charge >= 0.3 is 0 Å². The number of hydrogen-bond acceptors (Lipinski definition) is 5. The van der Waals surface area contributed by atoms with Gasteiger partial charge in [0.05, 0.1) is 23.9 Å². The van der Waals surface area contributed by atoms with Gasteiger partial charge < -0.3 is 15.0 Å². The van der Waals surface area contributed by atoms with Crippen LogP contribution in [0.3, 0.4) is 0 Å². The van der Waals surface area contributed by atoms with Crippen molar-refractivity contribution in [2.24, 2.45) is 0 Å². The molecule has 0 aliphatic carbocycles. The lowest BCUT2D eigenvalue weighted by Gasteiger charge is -2.18. The second kappa shape index (κ2) is 6.93. The number of anilines is 1. The summed E-state index contributed by atoms with van der Waals surface area (Å²) in [5.41, 5.74) is 1.57. The lowest BCUT2D eigenvalue weighted by Crippen LogP contribution is -2.38. The number of nitrogens with one attached hydrogen (secondary N) is 1. The van der Waals surface area contributed by atoms with Gasteiger partial charge in [0.25, 0.3) is 0 Å². The standard InChI is InChI=1S/C16H17ClN4O2/c1-23-15-11(8-18-10-20-15)9-19-13-6-7-21(16(13)22)14-5-3-2-4-12(14)17/h2-5,8,10,13,19H,6-7,9H2,1H3. The van der Waals surface area contributed by atoms with Crippen LogP contribution in [0.4, 0.5) is 5.69 Å². The number of aromatic nitrogens is 2. The fourth-order valence-corrected chi connectivity index (χ4v) is 2.90. The third kappa shape index (κ3) is 3.28. The summed E-state index contributed by atoms with van der Waals surface area (Å²) in [5.74, 6) is 0.537. The van der Waals surface area contributed by atoms with Crippen molar-refractivity contribution in [3.63, 3.8) is 0 Å². The number of ether oxygens (including phenoxy) is 1. The Morgan fingerprint density at radius 1 is 1.43 bits per heavy atom. The molecule has 0 bridgehead atoms. The average Bonchev–Trinajstić information content (AvgIpc) is 2.94. The van der Waals surface area contributed by atoms with Gasteiger partial charge in [-0.2, -0.15) is 0 Å². The molecule has 1 unspecified atom stereocenters. The quantitative estimate of drug-likeness (QED) is 0.907. The molecule has 120 valence electrons. The Bertz CT molecular complexity index is 710. The molecule has 1 N–H and O–H groups in total. The number of hydrogen-bond donors (Lipinski definition) is 1. The molecule has 6 nitrogen and oxygen atoms in total. The highest BCUT2D eigenvalue weighted by molar-refractivity contribution is 6.33. The summed E-state index contributed by atoms with van der Waals surface area (Å²) in [7, 11) is 1.56. The van der Waals surface area contributed by atoms with Gasteiger partial charge in [-0.05, 0) is 18.6 Å². The molecule has 1 fully saturated rings. The molecule has 1 saturated heterocycles. The smallest absolute Gasteiger partial charge is 0.244 e. The van der Waals surface area contributed by atoms with Crippen LogP contribution < -0.4 is 15.0 Å². The number of para-hydroxylation sites is 1. The molecule has 1 amide bonds. The Morgan fingerprint density at radius 3 is 3.04 bits per heavy atom. The molecule has 0 saturated carbocycles. The van der Waals surface area contributed by atoms with Crippen LogP contribution in [0.5, 0.6) is 5.88 Å². The minimum absolute atomic E-state index is 0.0221. The number of rotatable bonds is 5. The van der Waals surface area contributed by atoms with Gasteiger partial charge in [-0.25, -0.2) is 9.97 Å². The van der Waals surface area contributed by atoms with E-state index in [0.717, 1.165) is 17.7 Å². The monoisotopic (exact) mass is 332 g/mol. The first kappa shape index (κ1) is 15.7. The van der Waals surface area contributed by atoms with Crippen LogP contribution in [0.15, 0.2) is 36.8 Å². The highest BCUT2D eigenvalue weighted by atomic mass is 35.5. The Balaban J connectivity index is 1.67. The minimum Gasteiger partial charge on any atom is -0.481 e. The van der Waals surface area contributed by atoms with Crippen molar-refractivity contribution in [1.29, 1.82) is 0 Å². The van der Waals surface area contributed by atoms with Crippen LogP contribution in [0.25, 0.3) is 0 Å². The number of carbonyl (C=O) groups excluding carboxylic acids is 1. The van der Waals surface area contributed by atoms with Gasteiger partial charge in [0.15, 0.2) is 0 Å². The summed E-state index contributed by atoms with van der Waals surface area (Å²) in [6, 6.07) is 7.12. The Labute approximate surface area is 139 Å². The summed E-state index contributed by atoms with van der Waals surface area (Å²) in [4.78, 5) is 22.3. The van der Waals surface area contributed by atoms with E-state index in [1.54, 1.807) is 24.3 Å². The molecule has 3 rings (SSSR count). The molecule has 2 heterocycles. The molecular formula is C16H17ClN4O2. The highest BCUT2D eigenvalue weighted by Gasteiger charge is 2.33. The van der Waals surface area contributed by atoms with Crippen LogP contribution in [0.2, 0.25) is 5.02 Å². The largest absolute Gasteiger partial charge is 0.481 e. The van der Waals surface area contributed by atoms with E-state index in [-0.39, 0.29) is 11.9 Å².